The SMILES string of the molecule is Cc1ccc([C@@H]2SCCN2C(=O)c2cccc([N+](=O)[O-])c2)c(C)c1. The third-order valence-electron chi connectivity index (χ3n) is 4.15. The highest BCUT2D eigenvalue weighted by Gasteiger charge is 2.32. The molecule has 124 valence electrons. The van der Waals surface area contributed by atoms with E-state index in [4.69, 9.17) is 0 Å². The van der Waals surface area contributed by atoms with E-state index in [-0.39, 0.29) is 17.0 Å². The summed E-state index contributed by atoms with van der Waals surface area (Å²) >= 11 is 1.73. The fraction of sp³-hybridized carbons (Fsp3) is 0.278. The molecule has 0 spiro atoms. The van der Waals surface area contributed by atoms with Crippen LogP contribution in [0.3, 0.4) is 0 Å². The molecule has 0 aliphatic carbocycles. The van der Waals surface area contributed by atoms with Crippen molar-refractivity contribution in [1.82, 2.24) is 4.90 Å². The van der Waals surface area contributed by atoms with E-state index in [2.05, 4.69) is 25.1 Å². The summed E-state index contributed by atoms with van der Waals surface area (Å²) in [6.45, 7) is 4.74. The zero-order valence-corrected chi connectivity index (χ0v) is 14.4. The van der Waals surface area contributed by atoms with Gasteiger partial charge in [-0.05, 0) is 31.0 Å². The number of carbonyl (C=O) groups excluding carboxylic acids is 1. The molecule has 0 radical (unpaired) electrons. The van der Waals surface area contributed by atoms with Crippen molar-refractivity contribution in [2.24, 2.45) is 0 Å². The fourth-order valence-corrected chi connectivity index (χ4v) is 4.31. The Labute approximate surface area is 144 Å². The molecule has 1 aliphatic heterocycles. The van der Waals surface area contributed by atoms with E-state index < -0.39 is 4.92 Å². The van der Waals surface area contributed by atoms with Crippen LogP contribution in [0.5, 0.6) is 0 Å². The Morgan fingerprint density at radius 1 is 1.25 bits per heavy atom. The van der Waals surface area contributed by atoms with E-state index in [9.17, 15) is 14.9 Å². The summed E-state index contributed by atoms with van der Waals surface area (Å²) in [7, 11) is 0. The molecule has 1 fully saturated rings. The highest BCUT2D eigenvalue weighted by Crippen LogP contribution is 2.40. The van der Waals surface area contributed by atoms with Gasteiger partial charge in [0.05, 0.1) is 4.92 Å². The number of aryl methyl sites for hydroxylation is 2. The maximum absolute atomic E-state index is 12.9. The van der Waals surface area contributed by atoms with E-state index >= 15 is 0 Å². The van der Waals surface area contributed by atoms with Gasteiger partial charge in [-0.2, -0.15) is 0 Å². The maximum Gasteiger partial charge on any atom is 0.270 e. The fourth-order valence-electron chi connectivity index (χ4n) is 2.96. The highest BCUT2D eigenvalue weighted by molar-refractivity contribution is 7.99. The van der Waals surface area contributed by atoms with Crippen molar-refractivity contribution in [3.8, 4) is 0 Å². The van der Waals surface area contributed by atoms with Gasteiger partial charge in [0.25, 0.3) is 11.6 Å². The number of benzene rings is 2. The van der Waals surface area contributed by atoms with Gasteiger partial charge in [0, 0.05) is 30.0 Å². The smallest absolute Gasteiger partial charge is 0.270 e. The molecule has 6 heteroatoms. The number of hydrogen-bond acceptors (Lipinski definition) is 4. The molecule has 24 heavy (non-hydrogen) atoms. The van der Waals surface area contributed by atoms with Gasteiger partial charge in [-0.3, -0.25) is 14.9 Å². The van der Waals surface area contributed by atoms with Crippen molar-refractivity contribution in [1.29, 1.82) is 0 Å². The van der Waals surface area contributed by atoms with Crippen LogP contribution in [0.25, 0.3) is 0 Å². The van der Waals surface area contributed by atoms with E-state index in [0.29, 0.717) is 12.1 Å². The molecule has 1 aliphatic rings. The molecule has 1 heterocycles. The topological polar surface area (TPSA) is 63.5 Å². The summed E-state index contributed by atoms with van der Waals surface area (Å²) in [6.07, 6.45) is 0. The molecule has 2 aromatic carbocycles. The maximum atomic E-state index is 12.9. The number of nitrogens with zero attached hydrogens (tertiary/aromatic N) is 2. The first kappa shape index (κ1) is 16.5. The molecule has 0 saturated carbocycles. The normalized spacial score (nSPS) is 17.1. The van der Waals surface area contributed by atoms with Crippen molar-refractivity contribution in [3.05, 3.63) is 74.8 Å². The predicted molar refractivity (Wildman–Crippen MR) is 95.2 cm³/mol. The summed E-state index contributed by atoms with van der Waals surface area (Å²) < 4.78 is 0. The van der Waals surface area contributed by atoms with Crippen molar-refractivity contribution in [3.63, 3.8) is 0 Å². The summed E-state index contributed by atoms with van der Waals surface area (Å²) in [5, 5.41) is 10.9. The van der Waals surface area contributed by atoms with Crippen molar-refractivity contribution in [2.75, 3.05) is 12.3 Å². The summed E-state index contributed by atoms with van der Waals surface area (Å²) in [5.74, 6) is 0.701. The van der Waals surface area contributed by atoms with Gasteiger partial charge in [0.2, 0.25) is 0 Å². The lowest BCUT2D eigenvalue weighted by atomic mass is 10.0. The number of nitro benzene ring substituents is 1. The Bertz CT molecular complexity index is 807. The Hall–Kier alpha value is -2.34. The predicted octanol–water partition coefficient (Wildman–Crippen LogP) is 4.10. The van der Waals surface area contributed by atoms with Crippen molar-refractivity contribution < 1.29 is 9.72 Å². The average Bonchev–Trinajstić information content (AvgIpc) is 3.03. The number of rotatable bonds is 3. The van der Waals surface area contributed by atoms with Crippen LogP contribution >= 0.6 is 11.8 Å². The van der Waals surface area contributed by atoms with Crippen molar-refractivity contribution >= 4 is 23.4 Å². The molecule has 5 nitrogen and oxygen atoms in total. The first-order valence-electron chi connectivity index (χ1n) is 7.71. The zero-order chi connectivity index (χ0) is 17.3. The minimum atomic E-state index is -0.475. The van der Waals surface area contributed by atoms with Gasteiger partial charge in [-0.1, -0.05) is 29.8 Å². The average molecular weight is 342 g/mol. The Morgan fingerprint density at radius 2 is 2.04 bits per heavy atom. The van der Waals surface area contributed by atoms with Crippen LogP contribution in [0, 0.1) is 24.0 Å². The minimum absolute atomic E-state index is 0.0441. The number of non-ortho nitro benzene ring substituents is 1. The van der Waals surface area contributed by atoms with Gasteiger partial charge < -0.3 is 4.90 Å². The first-order chi connectivity index (χ1) is 11.5. The van der Waals surface area contributed by atoms with Crippen LogP contribution in [-0.2, 0) is 0 Å². The molecule has 0 unspecified atom stereocenters. The lowest BCUT2D eigenvalue weighted by molar-refractivity contribution is -0.384. The summed E-state index contributed by atoms with van der Waals surface area (Å²) in [5.41, 5.74) is 3.78. The summed E-state index contributed by atoms with van der Waals surface area (Å²) in [4.78, 5) is 25.1. The van der Waals surface area contributed by atoms with Crippen LogP contribution in [0.15, 0.2) is 42.5 Å². The third kappa shape index (κ3) is 3.14. The molecule has 1 saturated heterocycles. The Kier molecular flexibility index (Phi) is 4.57. The van der Waals surface area contributed by atoms with Gasteiger partial charge in [0.15, 0.2) is 0 Å². The number of carbonyl (C=O) groups is 1. The Morgan fingerprint density at radius 3 is 2.75 bits per heavy atom. The monoisotopic (exact) mass is 342 g/mol. The zero-order valence-electron chi connectivity index (χ0n) is 13.6. The van der Waals surface area contributed by atoms with Gasteiger partial charge in [0.1, 0.15) is 5.37 Å². The summed E-state index contributed by atoms with van der Waals surface area (Å²) in [6, 6.07) is 12.2. The van der Waals surface area contributed by atoms with Crippen molar-refractivity contribution in [2.45, 2.75) is 19.2 Å². The standard InChI is InChI=1S/C18H18N2O3S/c1-12-6-7-16(13(2)10-12)18-19(8-9-24-18)17(21)14-4-3-5-15(11-14)20(22)23/h3-7,10-11,18H,8-9H2,1-2H3/t18-/m0/s1. The van der Waals surface area contributed by atoms with E-state index in [0.717, 1.165) is 16.9 Å². The number of amides is 1. The number of nitro groups is 1. The second-order valence-corrected chi connectivity index (χ2v) is 7.08. The van der Waals surface area contributed by atoms with Crippen LogP contribution in [0.2, 0.25) is 0 Å². The molecule has 2 aromatic rings. The van der Waals surface area contributed by atoms with E-state index in [1.165, 1.54) is 17.7 Å². The molecule has 1 atom stereocenters. The largest absolute Gasteiger partial charge is 0.322 e. The van der Waals surface area contributed by atoms with Gasteiger partial charge in [-0.25, -0.2) is 0 Å². The number of hydrogen-bond donors (Lipinski definition) is 0. The molecule has 0 bridgehead atoms. The van der Waals surface area contributed by atoms with E-state index in [1.54, 1.807) is 28.8 Å². The van der Waals surface area contributed by atoms with Crippen LogP contribution < -0.4 is 0 Å². The molecular formula is C18H18N2O3S. The molecule has 1 amide bonds. The molecule has 0 N–H and O–H groups in total. The van der Waals surface area contributed by atoms with E-state index in [1.807, 2.05) is 6.92 Å². The lowest BCUT2D eigenvalue weighted by Gasteiger charge is -2.25. The van der Waals surface area contributed by atoms with Crippen LogP contribution in [-0.4, -0.2) is 28.0 Å². The lowest BCUT2D eigenvalue weighted by Crippen LogP contribution is -2.30. The molecular weight excluding hydrogens is 324 g/mol. The van der Waals surface area contributed by atoms with Crippen LogP contribution in [0.4, 0.5) is 5.69 Å². The third-order valence-corrected chi connectivity index (χ3v) is 5.39. The number of thioether (sulfide) groups is 1. The molecule has 3 rings (SSSR count). The van der Waals surface area contributed by atoms with Crippen LogP contribution in [0.1, 0.15) is 32.4 Å². The second-order valence-electron chi connectivity index (χ2n) is 5.89. The quantitative estimate of drug-likeness (QED) is 0.622. The second kappa shape index (κ2) is 6.65. The highest BCUT2D eigenvalue weighted by atomic mass is 32.2. The Balaban J connectivity index is 1.91. The first-order valence-corrected chi connectivity index (χ1v) is 8.76. The minimum Gasteiger partial charge on any atom is -0.322 e. The van der Waals surface area contributed by atoms with Gasteiger partial charge in [-0.15, -0.1) is 11.8 Å². The molecule has 0 aromatic heterocycles. The van der Waals surface area contributed by atoms with Gasteiger partial charge >= 0.3 is 0 Å².